The number of piperidine rings is 1. The molecule has 0 aromatic rings. The molecule has 2 atom stereocenters. The Labute approximate surface area is 107 Å². The molecule has 1 aliphatic heterocycles. The fourth-order valence-electron chi connectivity index (χ4n) is 3.14. The highest BCUT2D eigenvalue weighted by molar-refractivity contribution is 4.84. The lowest BCUT2D eigenvalue weighted by Crippen LogP contribution is -2.44. The number of nitrogens with one attached hydrogen (secondary N) is 1. The summed E-state index contributed by atoms with van der Waals surface area (Å²) in [7, 11) is 2.25. The summed E-state index contributed by atoms with van der Waals surface area (Å²) in [5.74, 6) is 1.96. The molecule has 2 fully saturated rings. The van der Waals surface area contributed by atoms with Gasteiger partial charge in [0.15, 0.2) is 0 Å². The SMILES string of the molecule is CCC(CC1CC1)NC(C)C1CCN(C)CC1. The molecule has 0 bridgehead atoms. The molecular formula is C15H30N2. The Kier molecular flexibility index (Phi) is 4.87. The van der Waals surface area contributed by atoms with Crippen molar-refractivity contribution in [3.8, 4) is 0 Å². The van der Waals surface area contributed by atoms with Gasteiger partial charge in [0, 0.05) is 12.1 Å². The van der Waals surface area contributed by atoms with Gasteiger partial charge in [-0.15, -0.1) is 0 Å². The van der Waals surface area contributed by atoms with Crippen LogP contribution in [0.25, 0.3) is 0 Å². The molecule has 0 radical (unpaired) electrons. The summed E-state index contributed by atoms with van der Waals surface area (Å²) in [6, 6.07) is 1.49. The standard InChI is InChI=1S/C15H30N2/c1-4-15(11-13-5-6-13)16-12(2)14-7-9-17(3)10-8-14/h12-16H,4-11H2,1-3H3. The summed E-state index contributed by atoms with van der Waals surface area (Å²) in [6.07, 6.45) is 8.46. The molecule has 17 heavy (non-hydrogen) atoms. The molecule has 1 saturated heterocycles. The Hall–Kier alpha value is -0.0800. The molecule has 2 unspecified atom stereocenters. The summed E-state index contributed by atoms with van der Waals surface area (Å²) in [5, 5.41) is 3.90. The topological polar surface area (TPSA) is 15.3 Å². The second-order valence-corrected chi connectivity index (χ2v) is 6.38. The largest absolute Gasteiger partial charge is 0.311 e. The molecule has 0 aromatic heterocycles. The average molecular weight is 238 g/mol. The smallest absolute Gasteiger partial charge is 0.00705 e. The zero-order valence-electron chi connectivity index (χ0n) is 11.9. The summed E-state index contributed by atoms with van der Waals surface area (Å²) < 4.78 is 0. The summed E-state index contributed by atoms with van der Waals surface area (Å²) >= 11 is 0. The van der Waals surface area contributed by atoms with Crippen molar-refractivity contribution >= 4 is 0 Å². The van der Waals surface area contributed by atoms with E-state index in [4.69, 9.17) is 0 Å². The molecule has 2 rings (SSSR count). The van der Waals surface area contributed by atoms with E-state index in [0.29, 0.717) is 6.04 Å². The van der Waals surface area contributed by atoms with Crippen molar-refractivity contribution in [1.29, 1.82) is 0 Å². The first-order valence-corrected chi connectivity index (χ1v) is 7.63. The van der Waals surface area contributed by atoms with Crippen molar-refractivity contribution in [2.24, 2.45) is 11.8 Å². The van der Waals surface area contributed by atoms with Crippen LogP contribution < -0.4 is 5.32 Å². The van der Waals surface area contributed by atoms with Gasteiger partial charge in [0.1, 0.15) is 0 Å². The zero-order chi connectivity index (χ0) is 12.3. The van der Waals surface area contributed by atoms with Crippen LogP contribution >= 0.6 is 0 Å². The molecule has 1 heterocycles. The van der Waals surface area contributed by atoms with Gasteiger partial charge in [0.05, 0.1) is 0 Å². The Bertz CT molecular complexity index is 217. The molecule has 1 aliphatic carbocycles. The minimum atomic E-state index is 0.715. The van der Waals surface area contributed by atoms with Crippen LogP contribution in [0.15, 0.2) is 0 Å². The van der Waals surface area contributed by atoms with Crippen LogP contribution in [0, 0.1) is 11.8 Å². The van der Waals surface area contributed by atoms with Gasteiger partial charge in [-0.3, -0.25) is 0 Å². The fraction of sp³-hybridized carbons (Fsp3) is 1.00. The maximum absolute atomic E-state index is 3.90. The van der Waals surface area contributed by atoms with Crippen molar-refractivity contribution in [3.05, 3.63) is 0 Å². The third-order valence-electron chi connectivity index (χ3n) is 4.78. The van der Waals surface area contributed by atoms with Gasteiger partial charge in [-0.05, 0) is 64.6 Å². The van der Waals surface area contributed by atoms with E-state index >= 15 is 0 Å². The third kappa shape index (κ3) is 4.26. The molecule has 2 aliphatic rings. The van der Waals surface area contributed by atoms with E-state index in [0.717, 1.165) is 17.9 Å². The van der Waals surface area contributed by atoms with Gasteiger partial charge >= 0.3 is 0 Å². The highest BCUT2D eigenvalue weighted by atomic mass is 15.1. The number of hydrogen-bond acceptors (Lipinski definition) is 2. The van der Waals surface area contributed by atoms with Crippen LogP contribution in [0.1, 0.15) is 52.4 Å². The molecule has 2 nitrogen and oxygen atoms in total. The lowest BCUT2D eigenvalue weighted by atomic mass is 9.89. The summed E-state index contributed by atoms with van der Waals surface area (Å²) in [4.78, 5) is 2.46. The van der Waals surface area contributed by atoms with E-state index in [1.807, 2.05) is 0 Å². The Morgan fingerprint density at radius 3 is 2.35 bits per heavy atom. The number of nitrogens with zero attached hydrogens (tertiary/aromatic N) is 1. The van der Waals surface area contributed by atoms with Gasteiger partial charge in [-0.1, -0.05) is 19.8 Å². The Balaban J connectivity index is 1.72. The van der Waals surface area contributed by atoms with E-state index in [2.05, 4.69) is 31.1 Å². The highest BCUT2D eigenvalue weighted by Crippen LogP contribution is 2.34. The molecule has 1 saturated carbocycles. The lowest BCUT2D eigenvalue weighted by Gasteiger charge is -2.35. The predicted octanol–water partition coefficient (Wildman–Crippen LogP) is 2.89. The first-order chi connectivity index (χ1) is 8.19. The molecule has 1 N–H and O–H groups in total. The molecule has 0 aromatic carbocycles. The molecular weight excluding hydrogens is 208 g/mol. The van der Waals surface area contributed by atoms with E-state index in [1.54, 1.807) is 0 Å². The summed E-state index contributed by atoms with van der Waals surface area (Å²) in [5.41, 5.74) is 0. The highest BCUT2D eigenvalue weighted by Gasteiger charge is 2.27. The predicted molar refractivity (Wildman–Crippen MR) is 74.2 cm³/mol. The Morgan fingerprint density at radius 2 is 1.82 bits per heavy atom. The van der Waals surface area contributed by atoms with E-state index in [1.165, 1.54) is 51.6 Å². The van der Waals surface area contributed by atoms with E-state index < -0.39 is 0 Å². The average Bonchev–Trinajstić information content (AvgIpc) is 3.13. The van der Waals surface area contributed by atoms with Gasteiger partial charge in [0.2, 0.25) is 0 Å². The molecule has 2 heteroatoms. The molecule has 0 amide bonds. The summed E-state index contributed by atoms with van der Waals surface area (Å²) in [6.45, 7) is 7.32. The molecule has 0 spiro atoms. The van der Waals surface area contributed by atoms with Crippen LogP contribution in [0.4, 0.5) is 0 Å². The maximum Gasteiger partial charge on any atom is 0.00705 e. The zero-order valence-corrected chi connectivity index (χ0v) is 11.9. The monoisotopic (exact) mass is 238 g/mol. The van der Waals surface area contributed by atoms with E-state index in [-0.39, 0.29) is 0 Å². The second-order valence-electron chi connectivity index (χ2n) is 6.38. The van der Waals surface area contributed by atoms with Crippen molar-refractivity contribution in [2.75, 3.05) is 20.1 Å². The Morgan fingerprint density at radius 1 is 1.18 bits per heavy atom. The van der Waals surface area contributed by atoms with Crippen molar-refractivity contribution in [1.82, 2.24) is 10.2 Å². The molecule has 100 valence electrons. The van der Waals surface area contributed by atoms with Gasteiger partial charge in [0.25, 0.3) is 0 Å². The van der Waals surface area contributed by atoms with Crippen LogP contribution in [0.2, 0.25) is 0 Å². The minimum Gasteiger partial charge on any atom is -0.311 e. The third-order valence-corrected chi connectivity index (χ3v) is 4.78. The van der Waals surface area contributed by atoms with Crippen LogP contribution in [0.3, 0.4) is 0 Å². The van der Waals surface area contributed by atoms with Crippen LogP contribution in [0.5, 0.6) is 0 Å². The van der Waals surface area contributed by atoms with Crippen LogP contribution in [-0.2, 0) is 0 Å². The van der Waals surface area contributed by atoms with Gasteiger partial charge in [-0.25, -0.2) is 0 Å². The number of likely N-dealkylation sites (tertiary alicyclic amines) is 1. The number of rotatable bonds is 6. The normalized spacial score (nSPS) is 27.0. The van der Waals surface area contributed by atoms with Gasteiger partial charge in [-0.2, -0.15) is 0 Å². The number of hydrogen-bond donors (Lipinski definition) is 1. The second kappa shape index (κ2) is 6.19. The maximum atomic E-state index is 3.90. The van der Waals surface area contributed by atoms with Crippen molar-refractivity contribution in [2.45, 2.75) is 64.5 Å². The van der Waals surface area contributed by atoms with Crippen molar-refractivity contribution in [3.63, 3.8) is 0 Å². The van der Waals surface area contributed by atoms with Crippen molar-refractivity contribution < 1.29 is 0 Å². The quantitative estimate of drug-likeness (QED) is 0.765. The van der Waals surface area contributed by atoms with Crippen LogP contribution in [-0.4, -0.2) is 37.1 Å². The van der Waals surface area contributed by atoms with Gasteiger partial charge < -0.3 is 10.2 Å². The van der Waals surface area contributed by atoms with E-state index in [9.17, 15) is 0 Å². The minimum absolute atomic E-state index is 0.715. The first kappa shape index (κ1) is 13.4. The lowest BCUT2D eigenvalue weighted by molar-refractivity contribution is 0.181. The first-order valence-electron chi connectivity index (χ1n) is 7.63. The fourth-order valence-corrected chi connectivity index (χ4v) is 3.14.